The number of fused-ring (bicyclic) bond motifs is 1. The van der Waals surface area contributed by atoms with Gasteiger partial charge in [-0.15, -0.1) is 11.3 Å². The van der Waals surface area contributed by atoms with Crippen molar-refractivity contribution >= 4 is 40.4 Å². The molecule has 3 nitrogen and oxygen atoms in total. The van der Waals surface area contributed by atoms with Gasteiger partial charge in [0.05, 0.1) is 15.6 Å². The molecule has 118 valence electrons. The maximum absolute atomic E-state index is 6.40. The largest absolute Gasteiger partial charge is 0.370 e. The number of hydrogen-bond donors (Lipinski definition) is 1. The summed E-state index contributed by atoms with van der Waals surface area (Å²) in [6.07, 6.45) is 3.34. The summed E-state index contributed by atoms with van der Waals surface area (Å²) in [5.41, 5.74) is 3.12. The van der Waals surface area contributed by atoms with E-state index in [-0.39, 0.29) is 0 Å². The third-order valence-corrected chi connectivity index (χ3v) is 5.45. The molecule has 3 heterocycles. The Labute approximate surface area is 148 Å². The van der Waals surface area contributed by atoms with Crippen molar-refractivity contribution in [3.05, 3.63) is 51.3 Å². The highest BCUT2D eigenvalue weighted by molar-refractivity contribution is 7.13. The van der Waals surface area contributed by atoms with Gasteiger partial charge in [0.2, 0.25) is 0 Å². The Bertz CT molecular complexity index is 840. The van der Waals surface area contributed by atoms with Crippen molar-refractivity contribution in [1.29, 1.82) is 0 Å². The van der Waals surface area contributed by atoms with E-state index in [4.69, 9.17) is 28.3 Å². The number of halogens is 2. The van der Waals surface area contributed by atoms with Crippen LogP contribution in [0.25, 0.3) is 16.3 Å². The molecule has 0 atom stereocenters. The number of benzene rings is 1. The van der Waals surface area contributed by atoms with E-state index >= 15 is 0 Å². The summed E-state index contributed by atoms with van der Waals surface area (Å²) in [6.45, 7) is 0.945. The van der Waals surface area contributed by atoms with E-state index in [2.05, 4.69) is 22.8 Å². The van der Waals surface area contributed by atoms with Gasteiger partial charge in [-0.3, -0.25) is 0 Å². The summed E-state index contributed by atoms with van der Waals surface area (Å²) in [4.78, 5) is 1.18. The van der Waals surface area contributed by atoms with Crippen LogP contribution in [-0.4, -0.2) is 16.3 Å². The summed E-state index contributed by atoms with van der Waals surface area (Å²) in [7, 11) is 0. The third kappa shape index (κ3) is 2.75. The molecule has 0 fully saturated rings. The van der Waals surface area contributed by atoms with Crippen molar-refractivity contribution in [3.63, 3.8) is 0 Å². The highest BCUT2D eigenvalue weighted by Gasteiger charge is 2.23. The normalized spacial score (nSPS) is 14.2. The number of nitrogens with one attached hydrogen (secondary N) is 1. The van der Waals surface area contributed by atoms with Gasteiger partial charge in [0.25, 0.3) is 0 Å². The van der Waals surface area contributed by atoms with E-state index in [1.54, 1.807) is 17.4 Å². The van der Waals surface area contributed by atoms with Gasteiger partial charge in [0, 0.05) is 17.1 Å². The van der Waals surface area contributed by atoms with E-state index in [1.807, 2.05) is 16.8 Å². The first-order valence-electron chi connectivity index (χ1n) is 7.59. The maximum Gasteiger partial charge on any atom is 0.133 e. The Morgan fingerprint density at radius 3 is 2.91 bits per heavy atom. The summed E-state index contributed by atoms with van der Waals surface area (Å²) in [5.74, 6) is 1.04. The Morgan fingerprint density at radius 2 is 2.09 bits per heavy atom. The standard InChI is InChI=1S/C17H15Cl2N3S/c18-11-6-7-13(19)14(10-11)22-17-12(4-1-2-8-20-17)16(21-22)15-5-3-9-23-15/h3,5-7,9-10,20H,1-2,4,8H2. The first-order valence-corrected chi connectivity index (χ1v) is 9.22. The highest BCUT2D eigenvalue weighted by atomic mass is 35.5. The predicted octanol–water partition coefficient (Wildman–Crippen LogP) is 5.66. The van der Waals surface area contributed by atoms with Gasteiger partial charge in [0.1, 0.15) is 11.5 Å². The zero-order valence-corrected chi connectivity index (χ0v) is 14.7. The zero-order valence-electron chi connectivity index (χ0n) is 12.4. The predicted molar refractivity (Wildman–Crippen MR) is 98.3 cm³/mol. The number of anilines is 1. The zero-order chi connectivity index (χ0) is 15.8. The second-order valence-corrected chi connectivity index (χ2v) is 7.34. The summed E-state index contributed by atoms with van der Waals surface area (Å²) < 4.78 is 1.91. The molecule has 1 aliphatic rings. The minimum absolute atomic E-state index is 0.642. The molecule has 23 heavy (non-hydrogen) atoms. The Kier molecular flexibility index (Phi) is 4.05. The topological polar surface area (TPSA) is 29.9 Å². The molecule has 2 aromatic heterocycles. The summed E-state index contributed by atoms with van der Waals surface area (Å²) in [6, 6.07) is 9.64. The van der Waals surface area contributed by atoms with Gasteiger partial charge in [-0.2, -0.15) is 5.10 Å². The molecule has 1 N–H and O–H groups in total. The first-order chi connectivity index (χ1) is 11.2. The van der Waals surface area contributed by atoms with Gasteiger partial charge in [-0.25, -0.2) is 4.68 Å². The lowest BCUT2D eigenvalue weighted by Crippen LogP contribution is -2.07. The molecule has 3 aromatic rings. The number of thiophene rings is 1. The van der Waals surface area contributed by atoms with Crippen LogP contribution in [0.2, 0.25) is 10.0 Å². The highest BCUT2D eigenvalue weighted by Crippen LogP contribution is 2.37. The quantitative estimate of drug-likeness (QED) is 0.636. The van der Waals surface area contributed by atoms with Gasteiger partial charge < -0.3 is 5.32 Å². The molecule has 1 aliphatic heterocycles. The van der Waals surface area contributed by atoms with Crippen LogP contribution in [0.5, 0.6) is 0 Å². The molecule has 6 heteroatoms. The number of rotatable bonds is 2. The fourth-order valence-electron chi connectivity index (χ4n) is 2.94. The lowest BCUT2D eigenvalue weighted by molar-refractivity contribution is 0.780. The average molecular weight is 364 g/mol. The first kappa shape index (κ1) is 15.1. The lowest BCUT2D eigenvalue weighted by atomic mass is 10.1. The molecular formula is C17H15Cl2N3S. The Hall–Kier alpha value is -1.49. The van der Waals surface area contributed by atoms with E-state index in [0.717, 1.165) is 43.0 Å². The average Bonchev–Trinajstić information content (AvgIpc) is 3.12. The number of hydrogen-bond acceptors (Lipinski definition) is 3. The van der Waals surface area contributed by atoms with Crippen molar-refractivity contribution in [1.82, 2.24) is 9.78 Å². The Morgan fingerprint density at radius 1 is 1.17 bits per heavy atom. The number of aromatic nitrogens is 2. The van der Waals surface area contributed by atoms with E-state index < -0.39 is 0 Å². The SMILES string of the molecule is Clc1ccc(Cl)c(-n2nc(-c3cccs3)c3c2NCCCC3)c1. The maximum atomic E-state index is 6.40. The molecule has 0 saturated heterocycles. The van der Waals surface area contributed by atoms with Crippen LogP contribution in [0.15, 0.2) is 35.7 Å². The molecule has 0 spiro atoms. The van der Waals surface area contributed by atoms with E-state index in [9.17, 15) is 0 Å². The molecular weight excluding hydrogens is 349 g/mol. The third-order valence-electron chi connectivity index (χ3n) is 4.02. The molecule has 4 rings (SSSR count). The second-order valence-electron chi connectivity index (χ2n) is 5.54. The van der Waals surface area contributed by atoms with Gasteiger partial charge in [-0.1, -0.05) is 29.3 Å². The van der Waals surface area contributed by atoms with Crippen molar-refractivity contribution in [2.45, 2.75) is 19.3 Å². The monoisotopic (exact) mass is 363 g/mol. The molecule has 0 saturated carbocycles. The second kappa shape index (κ2) is 6.19. The van der Waals surface area contributed by atoms with Crippen LogP contribution in [-0.2, 0) is 6.42 Å². The van der Waals surface area contributed by atoms with Crippen LogP contribution in [0.4, 0.5) is 5.82 Å². The fourth-order valence-corrected chi connectivity index (χ4v) is 4.04. The molecule has 0 amide bonds. The Balaban J connectivity index is 1.95. The van der Waals surface area contributed by atoms with E-state index in [0.29, 0.717) is 10.0 Å². The van der Waals surface area contributed by atoms with Crippen molar-refractivity contribution in [3.8, 4) is 16.3 Å². The molecule has 0 bridgehead atoms. The molecule has 0 radical (unpaired) electrons. The smallest absolute Gasteiger partial charge is 0.133 e. The van der Waals surface area contributed by atoms with Gasteiger partial charge in [0.15, 0.2) is 0 Å². The van der Waals surface area contributed by atoms with Crippen LogP contribution in [0, 0.1) is 0 Å². The van der Waals surface area contributed by atoms with Crippen molar-refractivity contribution in [2.75, 3.05) is 11.9 Å². The fraction of sp³-hybridized carbons (Fsp3) is 0.235. The minimum atomic E-state index is 0.642. The molecule has 0 aliphatic carbocycles. The van der Waals surface area contributed by atoms with Crippen molar-refractivity contribution < 1.29 is 0 Å². The number of nitrogens with zero attached hydrogens (tertiary/aromatic N) is 2. The lowest BCUT2D eigenvalue weighted by Gasteiger charge is -2.11. The van der Waals surface area contributed by atoms with Crippen LogP contribution >= 0.6 is 34.5 Å². The van der Waals surface area contributed by atoms with Crippen LogP contribution in [0.1, 0.15) is 18.4 Å². The van der Waals surface area contributed by atoms with Crippen molar-refractivity contribution in [2.24, 2.45) is 0 Å². The van der Waals surface area contributed by atoms with Gasteiger partial charge in [-0.05, 0) is 48.9 Å². The molecule has 1 aromatic carbocycles. The van der Waals surface area contributed by atoms with Crippen LogP contribution < -0.4 is 5.32 Å². The minimum Gasteiger partial charge on any atom is -0.370 e. The summed E-state index contributed by atoms with van der Waals surface area (Å²) in [5, 5.41) is 11.8. The van der Waals surface area contributed by atoms with Crippen LogP contribution in [0.3, 0.4) is 0 Å². The molecule has 0 unspecified atom stereocenters. The van der Waals surface area contributed by atoms with Gasteiger partial charge >= 0.3 is 0 Å². The van der Waals surface area contributed by atoms with E-state index in [1.165, 1.54) is 10.4 Å². The summed E-state index contributed by atoms with van der Waals surface area (Å²) >= 11 is 14.3.